The summed E-state index contributed by atoms with van der Waals surface area (Å²) in [7, 11) is 0. The maximum Gasteiger partial charge on any atom is 0.193 e. The minimum atomic E-state index is -0.0377. The van der Waals surface area contributed by atoms with Gasteiger partial charge in [0.25, 0.3) is 0 Å². The van der Waals surface area contributed by atoms with E-state index in [-0.39, 0.29) is 11.6 Å². The molecule has 30 heavy (non-hydrogen) atoms. The van der Waals surface area contributed by atoms with Gasteiger partial charge in [-0.05, 0) is 13.8 Å². The first kappa shape index (κ1) is 25.0. The van der Waals surface area contributed by atoms with Crippen molar-refractivity contribution in [2.45, 2.75) is 54.4 Å². The van der Waals surface area contributed by atoms with Gasteiger partial charge in [0, 0.05) is 22.3 Å². The molecule has 0 unspecified atom stereocenters. The van der Waals surface area contributed by atoms with Crippen LogP contribution in [-0.2, 0) is 0 Å². The maximum absolute atomic E-state index is 12.5. The summed E-state index contributed by atoms with van der Waals surface area (Å²) in [6.45, 7) is 12.5. The van der Waals surface area contributed by atoms with E-state index in [1.165, 1.54) is 12.8 Å². The van der Waals surface area contributed by atoms with Crippen LogP contribution >= 0.6 is 0 Å². The summed E-state index contributed by atoms with van der Waals surface area (Å²) in [5, 5.41) is 0. The molecule has 0 amide bonds. The van der Waals surface area contributed by atoms with Crippen LogP contribution in [0.2, 0.25) is 0 Å². The molecule has 2 heteroatoms. The van der Waals surface area contributed by atoms with E-state index in [1.54, 1.807) is 24.3 Å². The van der Waals surface area contributed by atoms with Gasteiger partial charge in [-0.3, -0.25) is 9.59 Å². The van der Waals surface area contributed by atoms with Crippen LogP contribution in [0.5, 0.6) is 0 Å². The molecule has 0 atom stereocenters. The number of hydrogen-bond acceptors (Lipinski definition) is 2. The molecule has 0 aromatic heterocycles. The first-order valence-corrected chi connectivity index (χ1v) is 10.7. The zero-order chi connectivity index (χ0) is 22.5. The van der Waals surface area contributed by atoms with Crippen LogP contribution in [0.15, 0.2) is 72.8 Å². The molecule has 0 fully saturated rings. The largest absolute Gasteiger partial charge is 0.289 e. The molecule has 0 bridgehead atoms. The topological polar surface area (TPSA) is 34.1 Å². The third kappa shape index (κ3) is 7.79. The van der Waals surface area contributed by atoms with Crippen LogP contribution in [0.4, 0.5) is 0 Å². The second-order valence-electron chi connectivity index (χ2n) is 7.38. The zero-order valence-electron chi connectivity index (χ0n) is 19.2. The van der Waals surface area contributed by atoms with Gasteiger partial charge >= 0.3 is 0 Å². The van der Waals surface area contributed by atoms with Crippen molar-refractivity contribution in [3.05, 3.63) is 106 Å². The summed E-state index contributed by atoms with van der Waals surface area (Å²) in [5.41, 5.74) is 4.70. The lowest BCUT2D eigenvalue weighted by atomic mass is 9.98. The Balaban J connectivity index is 0.000000672. The van der Waals surface area contributed by atoms with Gasteiger partial charge in [0.2, 0.25) is 0 Å². The van der Waals surface area contributed by atoms with Crippen LogP contribution < -0.4 is 0 Å². The summed E-state index contributed by atoms with van der Waals surface area (Å²) in [6.07, 6.45) is 2.50. The fourth-order valence-corrected chi connectivity index (χ4v) is 2.52. The summed E-state index contributed by atoms with van der Waals surface area (Å²) >= 11 is 0. The Kier molecular flexibility index (Phi) is 11.1. The van der Waals surface area contributed by atoms with Crippen molar-refractivity contribution in [2.24, 2.45) is 0 Å². The normalized spacial score (nSPS) is 9.53. The molecule has 0 spiro atoms. The molecule has 3 aromatic rings. The highest BCUT2D eigenvalue weighted by Gasteiger charge is 2.12. The Hall–Kier alpha value is -3.00. The quantitative estimate of drug-likeness (QED) is 0.421. The predicted molar refractivity (Wildman–Crippen MR) is 128 cm³/mol. The van der Waals surface area contributed by atoms with Crippen molar-refractivity contribution < 1.29 is 9.59 Å². The Morgan fingerprint density at radius 2 is 0.633 bits per heavy atom. The molecule has 3 aromatic carbocycles. The molecule has 0 heterocycles. The summed E-state index contributed by atoms with van der Waals surface area (Å²) < 4.78 is 0. The van der Waals surface area contributed by atoms with E-state index in [2.05, 4.69) is 27.7 Å². The SMILES string of the molecule is CCC.CCC.Cc1ccc(C(=O)c2ccc(C(=O)c3ccc(C)cc3)cc2)cc1. The minimum Gasteiger partial charge on any atom is -0.289 e. The van der Waals surface area contributed by atoms with E-state index >= 15 is 0 Å². The molecule has 0 N–H and O–H groups in total. The fraction of sp³-hybridized carbons (Fsp3) is 0.286. The molecule has 0 aliphatic heterocycles. The van der Waals surface area contributed by atoms with Crippen LogP contribution in [0.3, 0.4) is 0 Å². The van der Waals surface area contributed by atoms with E-state index in [0.717, 1.165) is 11.1 Å². The molecular weight excluding hydrogens is 368 g/mol. The van der Waals surface area contributed by atoms with Gasteiger partial charge in [-0.25, -0.2) is 0 Å². The molecule has 2 nitrogen and oxygen atoms in total. The van der Waals surface area contributed by atoms with E-state index in [9.17, 15) is 9.59 Å². The molecule has 0 radical (unpaired) electrons. The van der Waals surface area contributed by atoms with Crippen molar-refractivity contribution in [1.82, 2.24) is 0 Å². The second-order valence-corrected chi connectivity index (χ2v) is 7.38. The van der Waals surface area contributed by atoms with Crippen molar-refractivity contribution in [3.63, 3.8) is 0 Å². The van der Waals surface area contributed by atoms with Gasteiger partial charge in [-0.2, -0.15) is 0 Å². The van der Waals surface area contributed by atoms with Crippen molar-refractivity contribution >= 4 is 11.6 Å². The predicted octanol–water partition coefficient (Wildman–Crippen LogP) is 7.60. The van der Waals surface area contributed by atoms with Crippen LogP contribution in [0, 0.1) is 13.8 Å². The Morgan fingerprint density at radius 3 is 0.833 bits per heavy atom. The van der Waals surface area contributed by atoms with Gasteiger partial charge in [-0.1, -0.05) is 124 Å². The molecule has 0 saturated heterocycles. The molecule has 0 aliphatic rings. The van der Waals surface area contributed by atoms with Crippen LogP contribution in [0.1, 0.15) is 83.5 Å². The van der Waals surface area contributed by atoms with E-state index in [1.807, 2.05) is 62.4 Å². The number of carbonyl (C=O) groups is 2. The average molecular weight is 403 g/mol. The Morgan fingerprint density at radius 1 is 0.467 bits per heavy atom. The number of hydrogen-bond donors (Lipinski definition) is 0. The lowest BCUT2D eigenvalue weighted by Gasteiger charge is -2.05. The molecule has 158 valence electrons. The first-order valence-electron chi connectivity index (χ1n) is 10.7. The third-order valence-corrected chi connectivity index (χ3v) is 4.04. The Bertz CT molecular complexity index is 824. The highest BCUT2D eigenvalue weighted by atomic mass is 16.1. The lowest BCUT2D eigenvalue weighted by Crippen LogP contribution is -2.04. The van der Waals surface area contributed by atoms with E-state index in [4.69, 9.17) is 0 Å². The highest BCUT2D eigenvalue weighted by Crippen LogP contribution is 2.15. The van der Waals surface area contributed by atoms with Gasteiger partial charge in [-0.15, -0.1) is 0 Å². The molecule has 0 saturated carbocycles. The number of ketones is 2. The maximum atomic E-state index is 12.5. The van der Waals surface area contributed by atoms with Gasteiger partial charge in [0.1, 0.15) is 0 Å². The van der Waals surface area contributed by atoms with Crippen molar-refractivity contribution in [3.8, 4) is 0 Å². The lowest BCUT2D eigenvalue weighted by molar-refractivity contribution is 0.102. The monoisotopic (exact) mass is 402 g/mol. The van der Waals surface area contributed by atoms with E-state index < -0.39 is 0 Å². The number of carbonyl (C=O) groups excluding carboxylic acids is 2. The third-order valence-electron chi connectivity index (χ3n) is 4.04. The Labute approximate surface area is 182 Å². The fourth-order valence-electron chi connectivity index (χ4n) is 2.52. The highest BCUT2D eigenvalue weighted by molar-refractivity contribution is 6.11. The summed E-state index contributed by atoms with van der Waals surface area (Å²) in [5.74, 6) is -0.0753. The first-order chi connectivity index (χ1) is 14.4. The van der Waals surface area contributed by atoms with Crippen molar-refractivity contribution in [1.29, 1.82) is 0 Å². The summed E-state index contributed by atoms with van der Waals surface area (Å²) in [4.78, 5) is 24.9. The van der Waals surface area contributed by atoms with Gasteiger partial charge in [0.05, 0.1) is 0 Å². The van der Waals surface area contributed by atoms with E-state index in [0.29, 0.717) is 22.3 Å². The molecule has 0 aliphatic carbocycles. The number of benzene rings is 3. The molecular formula is C28H34O2. The number of aryl methyl sites for hydroxylation is 2. The zero-order valence-corrected chi connectivity index (χ0v) is 19.2. The summed E-state index contributed by atoms with van der Waals surface area (Å²) in [6, 6.07) is 21.8. The standard InChI is InChI=1S/C22H18O2.2C3H8/c1-15-3-7-17(8-4-15)21(23)19-11-13-20(14-12-19)22(24)18-9-5-16(2)6-10-18;2*1-3-2/h3-14H,1-2H3;2*3H2,1-2H3. The minimum absolute atomic E-state index is 0.0377. The second kappa shape index (κ2) is 13.3. The van der Waals surface area contributed by atoms with Crippen LogP contribution in [-0.4, -0.2) is 11.6 Å². The average Bonchev–Trinajstić information content (AvgIpc) is 2.75. The van der Waals surface area contributed by atoms with Crippen molar-refractivity contribution in [2.75, 3.05) is 0 Å². The number of rotatable bonds is 4. The van der Waals surface area contributed by atoms with Gasteiger partial charge in [0.15, 0.2) is 11.6 Å². The van der Waals surface area contributed by atoms with Gasteiger partial charge < -0.3 is 0 Å². The van der Waals surface area contributed by atoms with Crippen LogP contribution in [0.25, 0.3) is 0 Å². The molecule has 3 rings (SSSR count). The smallest absolute Gasteiger partial charge is 0.193 e.